The van der Waals surface area contributed by atoms with E-state index in [1.807, 2.05) is 0 Å². The fourth-order valence-corrected chi connectivity index (χ4v) is 1.71. The van der Waals surface area contributed by atoms with Crippen LogP contribution in [0.4, 0.5) is 0 Å². The van der Waals surface area contributed by atoms with Crippen LogP contribution in [0.3, 0.4) is 0 Å². The Kier molecular flexibility index (Phi) is 7.51. The molecule has 0 aromatic heterocycles. The van der Waals surface area contributed by atoms with E-state index in [9.17, 15) is 9.59 Å². The molecule has 0 heterocycles. The van der Waals surface area contributed by atoms with Crippen LogP contribution in [0.5, 0.6) is 0 Å². The number of nitrogens with one attached hydrogen (secondary N) is 1. The van der Waals surface area contributed by atoms with E-state index in [0.717, 1.165) is 0 Å². The highest BCUT2D eigenvalue weighted by molar-refractivity contribution is 5.97. The first kappa shape index (κ1) is 19.2. The molecule has 3 atom stereocenters. The topological polar surface area (TPSA) is 102 Å². The number of benzene rings is 1. The van der Waals surface area contributed by atoms with Crippen LogP contribution in [0.1, 0.15) is 29.8 Å². The smallest absolute Gasteiger partial charge is 0.329 e. The molecule has 0 radical (unpaired) electrons. The van der Waals surface area contributed by atoms with Crippen molar-refractivity contribution in [2.24, 2.45) is 5.73 Å². The van der Waals surface area contributed by atoms with Gasteiger partial charge in [-0.1, -0.05) is 11.8 Å². The van der Waals surface area contributed by atoms with Crippen molar-refractivity contribution in [1.29, 1.82) is 0 Å². The van der Waals surface area contributed by atoms with Crippen LogP contribution in [-0.2, 0) is 9.53 Å². The number of carbonyl (C=O) groups is 2. The normalized spacial score (nSPS) is 13.2. The number of aliphatic hydroxyl groups excluding tert-OH is 1. The monoisotopic (exact) mass is 328 g/mol. The van der Waals surface area contributed by atoms with E-state index in [1.165, 1.54) is 7.11 Å². The number of nitrogens with two attached hydrogens (primary N) is 1. The summed E-state index contributed by atoms with van der Waals surface area (Å²) in [5, 5.41) is 11.5. The number of aliphatic hydroxyl groups is 1. The van der Waals surface area contributed by atoms with Crippen molar-refractivity contribution >= 4 is 11.9 Å². The van der Waals surface area contributed by atoms with Crippen LogP contribution in [0, 0.1) is 23.7 Å². The second kappa shape index (κ2) is 9.36. The maximum atomic E-state index is 12.2. The van der Waals surface area contributed by atoms with E-state index >= 15 is 0 Å². The summed E-state index contributed by atoms with van der Waals surface area (Å²) >= 11 is 0. The minimum absolute atomic E-state index is 0.366. The number of carbonyl (C=O) groups excluding carboxylic acids is 2. The molecule has 6 heteroatoms. The van der Waals surface area contributed by atoms with Crippen LogP contribution < -0.4 is 11.1 Å². The van der Waals surface area contributed by atoms with E-state index in [0.29, 0.717) is 11.1 Å². The number of esters is 1. The quantitative estimate of drug-likeness (QED) is 0.535. The Morgan fingerprint density at radius 3 is 2.33 bits per heavy atom. The van der Waals surface area contributed by atoms with Gasteiger partial charge in [-0.05, 0) is 50.0 Å². The van der Waals surface area contributed by atoms with Crippen molar-refractivity contribution in [3.8, 4) is 23.7 Å². The Balaban J connectivity index is 2.80. The van der Waals surface area contributed by atoms with Gasteiger partial charge in [0.15, 0.2) is 0 Å². The molecule has 1 aromatic rings. The molecule has 0 aliphatic heterocycles. The van der Waals surface area contributed by atoms with Gasteiger partial charge in [0.2, 0.25) is 0 Å². The largest absolute Gasteiger partial charge is 0.467 e. The molecule has 0 saturated heterocycles. The van der Waals surface area contributed by atoms with Gasteiger partial charge in [-0.15, -0.1) is 0 Å². The van der Waals surface area contributed by atoms with Crippen molar-refractivity contribution in [2.45, 2.75) is 32.0 Å². The van der Waals surface area contributed by atoms with Crippen LogP contribution in [0.25, 0.3) is 0 Å². The van der Waals surface area contributed by atoms with Crippen LogP contribution in [0.15, 0.2) is 24.3 Å². The van der Waals surface area contributed by atoms with Gasteiger partial charge in [-0.25, -0.2) is 4.79 Å². The Bertz CT molecular complexity index is 701. The van der Waals surface area contributed by atoms with E-state index in [2.05, 4.69) is 33.7 Å². The van der Waals surface area contributed by atoms with Gasteiger partial charge in [-0.2, -0.15) is 0 Å². The maximum Gasteiger partial charge on any atom is 0.329 e. The van der Waals surface area contributed by atoms with E-state index in [-0.39, 0.29) is 0 Å². The molecule has 0 aliphatic carbocycles. The number of ether oxygens (including phenoxy) is 1. The third kappa shape index (κ3) is 6.13. The zero-order valence-electron chi connectivity index (χ0n) is 13.8. The van der Waals surface area contributed by atoms with Gasteiger partial charge in [0, 0.05) is 17.2 Å². The lowest BCUT2D eigenvalue weighted by Crippen LogP contribution is -2.51. The number of amides is 1. The third-order valence-electron chi connectivity index (χ3n) is 2.96. The summed E-state index contributed by atoms with van der Waals surface area (Å²) in [6.07, 6.45) is -0.724. The summed E-state index contributed by atoms with van der Waals surface area (Å²) in [5.74, 6) is 9.39. The second-order valence-corrected chi connectivity index (χ2v) is 5.11. The summed E-state index contributed by atoms with van der Waals surface area (Å²) in [4.78, 5) is 23.8. The fraction of sp³-hybridized carbons (Fsp3) is 0.333. The second-order valence-electron chi connectivity index (χ2n) is 5.11. The SMILES string of the molecule is COC(=O)[C@@H](NC(=O)c1ccc(C#CC#C[C@H](C)O)cc1)[C@@H](C)N. The third-order valence-corrected chi connectivity index (χ3v) is 2.96. The minimum atomic E-state index is -0.919. The fourth-order valence-electron chi connectivity index (χ4n) is 1.71. The Morgan fingerprint density at radius 2 is 1.83 bits per heavy atom. The maximum absolute atomic E-state index is 12.2. The molecule has 0 unspecified atom stereocenters. The summed E-state index contributed by atoms with van der Waals surface area (Å²) in [6, 6.07) is 4.97. The zero-order chi connectivity index (χ0) is 18.1. The van der Waals surface area contributed by atoms with Crippen molar-refractivity contribution in [3.05, 3.63) is 35.4 Å². The lowest BCUT2D eigenvalue weighted by atomic mass is 10.1. The van der Waals surface area contributed by atoms with Gasteiger partial charge in [-0.3, -0.25) is 4.79 Å². The van der Waals surface area contributed by atoms with Crippen molar-refractivity contribution in [2.75, 3.05) is 7.11 Å². The van der Waals surface area contributed by atoms with Crippen molar-refractivity contribution in [3.63, 3.8) is 0 Å². The summed E-state index contributed by atoms with van der Waals surface area (Å²) < 4.78 is 4.62. The number of hydrogen-bond acceptors (Lipinski definition) is 5. The van der Waals surface area contributed by atoms with Crippen LogP contribution in [-0.4, -0.2) is 42.3 Å². The summed E-state index contributed by atoms with van der Waals surface area (Å²) in [5.41, 5.74) is 6.72. The van der Waals surface area contributed by atoms with E-state index in [4.69, 9.17) is 10.8 Å². The van der Waals surface area contributed by atoms with Gasteiger partial charge in [0.05, 0.1) is 7.11 Å². The molecule has 126 valence electrons. The van der Waals surface area contributed by atoms with E-state index < -0.39 is 30.1 Å². The summed E-state index contributed by atoms with van der Waals surface area (Å²) in [6.45, 7) is 3.15. The lowest BCUT2D eigenvalue weighted by Gasteiger charge is -2.19. The van der Waals surface area contributed by atoms with Crippen LogP contribution >= 0.6 is 0 Å². The molecular weight excluding hydrogens is 308 g/mol. The molecule has 1 aromatic carbocycles. The Labute approximate surface area is 141 Å². The average Bonchev–Trinajstić information content (AvgIpc) is 2.55. The molecular formula is C18H20N2O4. The molecule has 0 aliphatic rings. The number of methoxy groups -OCH3 is 1. The number of rotatable bonds is 4. The average molecular weight is 328 g/mol. The van der Waals surface area contributed by atoms with Crippen LogP contribution in [0.2, 0.25) is 0 Å². The Hall–Kier alpha value is -2.80. The van der Waals surface area contributed by atoms with Gasteiger partial charge in [0.1, 0.15) is 12.1 Å². The van der Waals surface area contributed by atoms with Crippen molar-refractivity contribution in [1.82, 2.24) is 5.32 Å². The highest BCUT2D eigenvalue weighted by Gasteiger charge is 2.25. The first-order chi connectivity index (χ1) is 11.3. The Morgan fingerprint density at radius 1 is 1.21 bits per heavy atom. The highest BCUT2D eigenvalue weighted by atomic mass is 16.5. The van der Waals surface area contributed by atoms with Gasteiger partial charge < -0.3 is 20.9 Å². The van der Waals surface area contributed by atoms with Gasteiger partial charge in [0.25, 0.3) is 5.91 Å². The molecule has 0 saturated carbocycles. The number of hydrogen-bond donors (Lipinski definition) is 3. The lowest BCUT2D eigenvalue weighted by molar-refractivity contribution is -0.143. The predicted octanol–water partition coefficient (Wildman–Crippen LogP) is 0.0409. The molecule has 1 rings (SSSR count). The molecule has 0 spiro atoms. The highest BCUT2D eigenvalue weighted by Crippen LogP contribution is 2.05. The molecule has 1 amide bonds. The molecule has 4 N–H and O–H groups in total. The first-order valence-corrected chi connectivity index (χ1v) is 7.29. The van der Waals surface area contributed by atoms with E-state index in [1.54, 1.807) is 38.1 Å². The zero-order valence-corrected chi connectivity index (χ0v) is 13.8. The standard InChI is InChI=1S/C18H20N2O4/c1-12(21)6-4-5-7-14-8-10-15(11-9-14)17(22)20-16(13(2)19)18(23)24-3/h8-13,16,21H,19H2,1-3H3,(H,20,22)/t12-,13+,16-/m0/s1. The molecule has 0 fully saturated rings. The van der Waals surface area contributed by atoms with Gasteiger partial charge >= 0.3 is 5.97 Å². The minimum Gasteiger partial charge on any atom is -0.467 e. The molecule has 0 bridgehead atoms. The summed E-state index contributed by atoms with van der Waals surface area (Å²) in [7, 11) is 1.23. The molecule has 6 nitrogen and oxygen atoms in total. The first-order valence-electron chi connectivity index (χ1n) is 7.29. The molecule has 24 heavy (non-hydrogen) atoms. The van der Waals surface area contributed by atoms with Crippen molar-refractivity contribution < 1.29 is 19.4 Å². The predicted molar refractivity (Wildman–Crippen MR) is 89.7 cm³/mol.